The molecule has 5 rings (SSSR count). The Morgan fingerprint density at radius 1 is 1.20 bits per heavy atom. The maximum Gasteiger partial charge on any atom is 0.410 e. The van der Waals surface area contributed by atoms with Crippen LogP contribution in [0.15, 0.2) is 35.6 Å². The van der Waals surface area contributed by atoms with Crippen molar-refractivity contribution in [1.29, 1.82) is 0 Å². The lowest BCUT2D eigenvalue weighted by molar-refractivity contribution is 0.0240. The molecule has 2 aromatic heterocycles. The van der Waals surface area contributed by atoms with E-state index < -0.39 is 17.3 Å². The highest BCUT2D eigenvalue weighted by Gasteiger charge is 2.29. The Labute approximate surface area is 237 Å². The average Bonchev–Trinajstić information content (AvgIpc) is 3.26. The summed E-state index contributed by atoms with van der Waals surface area (Å²) >= 11 is 0. The number of rotatable bonds is 5. The van der Waals surface area contributed by atoms with E-state index in [0.29, 0.717) is 50.3 Å². The van der Waals surface area contributed by atoms with E-state index in [1.807, 2.05) is 26.8 Å². The topological polar surface area (TPSA) is 138 Å². The van der Waals surface area contributed by atoms with Gasteiger partial charge in [-0.1, -0.05) is 0 Å². The summed E-state index contributed by atoms with van der Waals surface area (Å²) in [6.45, 7) is 9.27. The smallest absolute Gasteiger partial charge is 0.410 e. The van der Waals surface area contributed by atoms with Gasteiger partial charge in [0, 0.05) is 62.1 Å². The number of nitrogens with zero attached hydrogens (tertiary/aromatic N) is 5. The lowest BCUT2D eigenvalue weighted by Crippen LogP contribution is -2.50. The van der Waals surface area contributed by atoms with Gasteiger partial charge in [0.05, 0.1) is 34.8 Å². The van der Waals surface area contributed by atoms with E-state index in [4.69, 9.17) is 10.5 Å². The van der Waals surface area contributed by atoms with Crippen LogP contribution in [0.4, 0.5) is 26.2 Å². The zero-order valence-electron chi connectivity index (χ0n) is 23.7. The number of pyridine rings is 1. The minimum Gasteiger partial charge on any atom is -0.444 e. The van der Waals surface area contributed by atoms with Crippen LogP contribution in [0.25, 0.3) is 5.65 Å². The zero-order chi connectivity index (χ0) is 29.5. The van der Waals surface area contributed by atoms with Gasteiger partial charge in [-0.2, -0.15) is 0 Å². The Balaban J connectivity index is 1.39. The predicted octanol–water partition coefficient (Wildman–Crippen LogP) is 3.62. The van der Waals surface area contributed by atoms with Crippen LogP contribution < -0.4 is 16.0 Å². The van der Waals surface area contributed by atoms with E-state index in [1.54, 1.807) is 36.5 Å². The molecule has 218 valence electrons. The third kappa shape index (κ3) is 6.27. The van der Waals surface area contributed by atoms with Gasteiger partial charge in [-0.05, 0) is 52.7 Å². The number of aliphatic imine (C=N–C) groups is 1. The number of nitrogens with one attached hydrogen (secondary N) is 1. The van der Waals surface area contributed by atoms with Gasteiger partial charge in [-0.25, -0.2) is 14.2 Å². The number of carbonyl (C=O) groups excluding carboxylic acids is 2. The van der Waals surface area contributed by atoms with Crippen LogP contribution in [-0.2, 0) is 4.74 Å². The van der Waals surface area contributed by atoms with Crippen LogP contribution in [-0.4, -0.2) is 81.5 Å². The molecule has 1 aliphatic carbocycles. The highest BCUT2D eigenvalue weighted by atomic mass is 19.1. The third-order valence-electron chi connectivity index (χ3n) is 7.17. The summed E-state index contributed by atoms with van der Waals surface area (Å²) in [5.41, 5.74) is 8.92. The number of halogens is 1. The number of ether oxygens (including phenoxy) is 1. The second-order valence-corrected chi connectivity index (χ2v) is 11.6. The number of hydrogen-bond acceptors (Lipinski definition) is 8. The molecule has 0 radical (unpaired) electrons. The van der Waals surface area contributed by atoms with Gasteiger partial charge in [-0.15, -0.1) is 0 Å². The molecular formula is C29H36FN7O4. The summed E-state index contributed by atoms with van der Waals surface area (Å²) in [6, 6.07) is 4.65. The normalized spacial score (nSPS) is 19.5. The van der Waals surface area contributed by atoms with Gasteiger partial charge in [0.15, 0.2) is 11.5 Å². The van der Waals surface area contributed by atoms with Crippen LogP contribution in [0, 0.1) is 12.7 Å². The number of hydrogen-bond donors (Lipinski definition) is 3. The van der Waals surface area contributed by atoms with Crippen molar-refractivity contribution in [3.63, 3.8) is 0 Å². The number of nitrogens with two attached hydrogens (primary N) is 1. The van der Waals surface area contributed by atoms with E-state index in [-0.39, 0.29) is 40.8 Å². The van der Waals surface area contributed by atoms with Crippen LogP contribution in [0.1, 0.15) is 55.2 Å². The number of benzene rings is 1. The van der Waals surface area contributed by atoms with Crippen LogP contribution in [0.5, 0.6) is 0 Å². The van der Waals surface area contributed by atoms with Gasteiger partial charge in [0.1, 0.15) is 5.60 Å². The molecule has 0 unspecified atom stereocenters. The highest BCUT2D eigenvalue weighted by molar-refractivity contribution is 6.11. The van der Waals surface area contributed by atoms with E-state index in [9.17, 15) is 19.1 Å². The molecule has 0 bridgehead atoms. The summed E-state index contributed by atoms with van der Waals surface area (Å²) in [6.07, 6.45) is 5.36. The quantitative estimate of drug-likeness (QED) is 0.317. The van der Waals surface area contributed by atoms with E-state index in [2.05, 4.69) is 20.2 Å². The fraction of sp³-hybridized carbons (Fsp3) is 0.448. The molecule has 0 spiro atoms. The van der Waals surface area contributed by atoms with Crippen LogP contribution >= 0.6 is 0 Å². The first-order valence-electron chi connectivity index (χ1n) is 13.7. The second kappa shape index (κ2) is 11.0. The first-order chi connectivity index (χ1) is 19.4. The predicted molar refractivity (Wildman–Crippen MR) is 155 cm³/mol. The number of aliphatic hydroxyl groups excluding tert-OH is 1. The molecule has 41 heavy (non-hydrogen) atoms. The number of nitrogen functional groups attached to an aromatic ring is 1. The fourth-order valence-corrected chi connectivity index (χ4v) is 5.00. The second-order valence-electron chi connectivity index (χ2n) is 11.6. The Morgan fingerprint density at radius 3 is 2.56 bits per heavy atom. The lowest BCUT2D eigenvalue weighted by atomic mass is 9.90. The van der Waals surface area contributed by atoms with Gasteiger partial charge < -0.3 is 35.1 Å². The Bertz CT molecular complexity index is 1500. The van der Waals surface area contributed by atoms with Gasteiger partial charge in [-0.3, -0.25) is 9.79 Å². The third-order valence-corrected chi connectivity index (χ3v) is 7.17. The van der Waals surface area contributed by atoms with E-state index in [1.165, 1.54) is 10.5 Å². The molecular weight excluding hydrogens is 529 g/mol. The number of anilines is 3. The monoisotopic (exact) mass is 565 g/mol. The standard InChI is InChI=1S/C29H36FN7O4/c1-17-15-37-16-19(13-23(30)26(37)33-17)34-27(39)21-5-6-24(22(25(21)31)14-32-18-11-20(38)12-18)35-7-9-36(10-8-35)28(40)41-29(2,3)4/h5-6,13-16,18,20,38H,7-12,31H2,1-4H3,(H,34,39). The number of piperazine rings is 1. The van der Waals surface area contributed by atoms with Crippen LogP contribution in [0.2, 0.25) is 0 Å². The van der Waals surface area contributed by atoms with E-state index in [0.717, 1.165) is 5.69 Å². The molecule has 2 amide bonds. The molecule has 11 nitrogen and oxygen atoms in total. The zero-order valence-corrected chi connectivity index (χ0v) is 23.7. The Kier molecular flexibility index (Phi) is 7.60. The molecule has 4 N–H and O–H groups in total. The molecule has 1 saturated heterocycles. The molecule has 3 heterocycles. The van der Waals surface area contributed by atoms with Crippen molar-refractivity contribution >= 4 is 40.9 Å². The first-order valence-corrected chi connectivity index (χ1v) is 13.7. The van der Waals surface area contributed by atoms with Crippen molar-refractivity contribution in [3.05, 3.63) is 53.2 Å². The van der Waals surface area contributed by atoms with Crippen molar-refractivity contribution in [2.75, 3.05) is 42.1 Å². The average molecular weight is 566 g/mol. The lowest BCUT2D eigenvalue weighted by Gasteiger charge is -2.37. The molecule has 1 saturated carbocycles. The van der Waals surface area contributed by atoms with E-state index >= 15 is 0 Å². The molecule has 3 aromatic rings. The molecule has 2 aliphatic rings. The number of imidazole rings is 1. The van der Waals surface area contributed by atoms with Crippen molar-refractivity contribution in [3.8, 4) is 0 Å². The van der Waals surface area contributed by atoms with Gasteiger partial charge >= 0.3 is 6.09 Å². The van der Waals surface area contributed by atoms with Crippen molar-refractivity contribution < 1.29 is 23.8 Å². The first kappa shape index (κ1) is 28.3. The molecule has 0 atom stereocenters. The fourth-order valence-electron chi connectivity index (χ4n) is 5.00. The molecule has 2 fully saturated rings. The molecule has 12 heteroatoms. The van der Waals surface area contributed by atoms with Crippen LogP contribution in [0.3, 0.4) is 0 Å². The Morgan fingerprint density at radius 2 is 1.90 bits per heavy atom. The summed E-state index contributed by atoms with van der Waals surface area (Å²) in [7, 11) is 0. The van der Waals surface area contributed by atoms with Gasteiger partial charge in [0.2, 0.25) is 0 Å². The number of fused-ring (bicyclic) bond motifs is 1. The van der Waals surface area contributed by atoms with Crippen molar-refractivity contribution in [1.82, 2.24) is 14.3 Å². The molecule has 1 aromatic carbocycles. The van der Waals surface area contributed by atoms with Crippen molar-refractivity contribution in [2.45, 2.75) is 58.3 Å². The number of carbonyl (C=O) groups is 2. The van der Waals surface area contributed by atoms with Crippen molar-refractivity contribution in [2.24, 2.45) is 4.99 Å². The highest BCUT2D eigenvalue weighted by Crippen LogP contribution is 2.31. The number of aromatic nitrogens is 2. The minimum atomic E-state index is -0.576. The maximum absolute atomic E-state index is 14.6. The summed E-state index contributed by atoms with van der Waals surface area (Å²) in [5, 5.41) is 12.4. The summed E-state index contributed by atoms with van der Waals surface area (Å²) in [4.78, 5) is 38.4. The minimum absolute atomic E-state index is 0.0212. The maximum atomic E-state index is 14.6. The number of amides is 2. The SMILES string of the molecule is Cc1cn2cc(NC(=O)c3ccc(N4CCN(C(=O)OC(C)(C)C)CC4)c(C=NC4CC(O)C4)c3N)cc(F)c2n1. The summed E-state index contributed by atoms with van der Waals surface area (Å²) in [5.74, 6) is -1.05. The summed E-state index contributed by atoms with van der Waals surface area (Å²) < 4.78 is 21.6. The van der Waals surface area contributed by atoms with Gasteiger partial charge in [0.25, 0.3) is 5.91 Å². The largest absolute Gasteiger partial charge is 0.444 e. The Hall–Kier alpha value is -4.19. The number of aryl methyl sites for hydroxylation is 1. The molecule has 1 aliphatic heterocycles. The number of aliphatic hydroxyl groups is 1.